The second-order valence-electron chi connectivity index (χ2n) is 11.1. The van der Waals surface area contributed by atoms with Crippen molar-refractivity contribution in [2.45, 2.75) is 155 Å². The molecule has 0 saturated carbocycles. The van der Waals surface area contributed by atoms with Gasteiger partial charge < -0.3 is 0 Å². The van der Waals surface area contributed by atoms with E-state index < -0.39 is 0 Å². The fraction of sp³-hybridized carbons (Fsp3) is 1.00. The van der Waals surface area contributed by atoms with Crippen LogP contribution in [0, 0.1) is 35.5 Å². The van der Waals surface area contributed by atoms with Crippen molar-refractivity contribution >= 4 is 48.9 Å². The van der Waals surface area contributed by atoms with Crippen LogP contribution in [-0.2, 0) is 0 Å². The highest BCUT2D eigenvalue weighted by Crippen LogP contribution is 2.25. The first-order chi connectivity index (χ1) is 15.8. The first-order valence-corrected chi connectivity index (χ1v) is 20.0. The predicted molar refractivity (Wildman–Crippen MR) is 167 cm³/mol. The summed E-state index contributed by atoms with van der Waals surface area (Å²) in [4.78, 5) is 0. The van der Waals surface area contributed by atoms with Gasteiger partial charge in [0, 0.05) is 0 Å². The maximum absolute atomic E-state index is 2.43. The highest BCUT2D eigenvalue weighted by atomic mass is 27.1. The Morgan fingerprint density at radius 2 is 0.636 bits per heavy atom. The second-order valence-corrected chi connectivity index (χ2v) is 13.5. The molecule has 0 fully saturated rings. The molecule has 0 heterocycles. The first-order valence-electron chi connectivity index (χ1n) is 15.8. The van der Waals surface area contributed by atoms with Crippen molar-refractivity contribution in [3.05, 3.63) is 0 Å². The minimum Gasteiger partial charge on any atom is -0.0985 e. The van der Waals surface area contributed by atoms with Gasteiger partial charge in [0.1, 0.15) is 0 Å². The molecule has 0 spiro atoms. The van der Waals surface area contributed by atoms with Crippen LogP contribution in [0.1, 0.15) is 139 Å². The molecule has 0 nitrogen and oxygen atoms in total. The molecule has 0 radical (unpaired) electrons. The Balaban J connectivity index is -0.000000409. The lowest BCUT2D eigenvalue weighted by Gasteiger charge is -2.21. The van der Waals surface area contributed by atoms with Gasteiger partial charge in [0.05, 0.1) is 0 Å². The Hall–Kier alpha value is 1.60. The van der Waals surface area contributed by atoms with Gasteiger partial charge >= 0.3 is 0 Å². The third-order valence-electron chi connectivity index (χ3n) is 8.70. The van der Waals surface area contributed by atoms with E-state index >= 15 is 0 Å². The molecule has 6 unspecified atom stereocenters. The lowest BCUT2D eigenvalue weighted by atomic mass is 9.88. The smallest absolute Gasteiger partial charge is 0.0985 e. The van der Waals surface area contributed by atoms with Crippen molar-refractivity contribution in [1.82, 2.24) is 0 Å². The van der Waals surface area contributed by atoms with Crippen molar-refractivity contribution in [1.29, 1.82) is 0 Å². The Labute approximate surface area is 238 Å². The summed E-state index contributed by atoms with van der Waals surface area (Å²) in [5.74, 6) is 6.06. The summed E-state index contributed by atoms with van der Waals surface area (Å²) in [7, 11) is 0. The first kappa shape index (κ1) is 39.1. The maximum Gasteiger partial charge on any atom is 0.212 e. The van der Waals surface area contributed by atoms with Crippen LogP contribution >= 0.6 is 0 Å². The van der Waals surface area contributed by atoms with Crippen LogP contribution in [0.3, 0.4) is 0 Å². The average Bonchev–Trinajstić information content (AvgIpc) is 2.85. The SMILES string of the molecule is CCCCC(CC)C(C)[CH2][AlH2].CCCCC(CC)C(C)[CH2][AlH2].CCCCC(CC)C(C)[CH2][AlH2]. The molecule has 0 aliphatic heterocycles. The molecule has 0 aromatic heterocycles. The zero-order chi connectivity index (χ0) is 26.1. The van der Waals surface area contributed by atoms with Gasteiger partial charge in [-0.1, -0.05) is 173 Å². The summed E-state index contributed by atoms with van der Waals surface area (Å²) in [5, 5.41) is 4.46. The second kappa shape index (κ2) is 29.8. The summed E-state index contributed by atoms with van der Waals surface area (Å²) in [6.45, 7) is 21.2. The Morgan fingerprint density at radius 3 is 0.758 bits per heavy atom. The van der Waals surface area contributed by atoms with Crippen LogP contribution in [0.15, 0.2) is 0 Å². The van der Waals surface area contributed by atoms with E-state index in [4.69, 9.17) is 0 Å². The number of rotatable bonds is 18. The van der Waals surface area contributed by atoms with Gasteiger partial charge in [-0.3, -0.25) is 0 Å². The molecule has 0 rings (SSSR count). The van der Waals surface area contributed by atoms with Crippen molar-refractivity contribution in [3.8, 4) is 0 Å². The zero-order valence-electron chi connectivity index (χ0n) is 26.1. The third kappa shape index (κ3) is 23.7. The topological polar surface area (TPSA) is 0 Å². The van der Waals surface area contributed by atoms with Crippen LogP contribution in [0.4, 0.5) is 0 Å². The van der Waals surface area contributed by atoms with Crippen molar-refractivity contribution in [2.24, 2.45) is 35.5 Å². The van der Waals surface area contributed by atoms with Gasteiger partial charge in [-0.05, 0) is 17.8 Å². The molecule has 0 bridgehead atoms. The molecule has 3 heteroatoms. The summed E-state index contributed by atoms with van der Waals surface area (Å²) in [6, 6.07) is 0. The van der Waals surface area contributed by atoms with E-state index in [1.165, 1.54) is 142 Å². The standard InChI is InChI=1S/3C10H21.3Al.6H/c3*1-5-7-8-10(6-2)9(3)4;;;;;;;;;/h3*9-10H,3,5-8H2,1-2,4H3;;;;;;;;;. The summed E-state index contributed by atoms with van der Waals surface area (Å²) < 4.78 is 0. The lowest BCUT2D eigenvalue weighted by Crippen LogP contribution is -2.10. The van der Waals surface area contributed by atoms with Crippen molar-refractivity contribution in [2.75, 3.05) is 0 Å². The molecule has 0 amide bonds. The fourth-order valence-electron chi connectivity index (χ4n) is 5.07. The van der Waals surface area contributed by atoms with Gasteiger partial charge in [0.2, 0.25) is 48.9 Å². The van der Waals surface area contributed by atoms with Crippen LogP contribution in [-0.4, -0.2) is 48.9 Å². The van der Waals surface area contributed by atoms with E-state index in [-0.39, 0.29) is 0 Å². The van der Waals surface area contributed by atoms with Gasteiger partial charge in [0.25, 0.3) is 0 Å². The van der Waals surface area contributed by atoms with Crippen LogP contribution in [0.25, 0.3) is 0 Å². The largest absolute Gasteiger partial charge is 0.212 e. The molecular formula is C30H69Al3. The summed E-state index contributed by atoms with van der Waals surface area (Å²) in [5.41, 5.74) is 0. The van der Waals surface area contributed by atoms with Gasteiger partial charge in [-0.2, -0.15) is 0 Å². The van der Waals surface area contributed by atoms with Gasteiger partial charge in [0.15, 0.2) is 0 Å². The number of hydrogen-bond acceptors (Lipinski definition) is 0. The minimum atomic E-state index is 0.998. The maximum atomic E-state index is 2.43. The van der Waals surface area contributed by atoms with Crippen LogP contribution in [0.5, 0.6) is 0 Å². The molecule has 0 N–H and O–H groups in total. The highest BCUT2D eigenvalue weighted by Gasteiger charge is 2.13. The van der Waals surface area contributed by atoms with Gasteiger partial charge in [-0.25, -0.2) is 0 Å². The summed E-state index contributed by atoms with van der Waals surface area (Å²) >= 11 is 4.15. The fourth-order valence-corrected chi connectivity index (χ4v) is 7.07. The summed E-state index contributed by atoms with van der Waals surface area (Å²) in [6.07, 6.45) is 17.0. The monoisotopic (exact) mass is 510 g/mol. The Kier molecular flexibility index (Phi) is 35.4. The van der Waals surface area contributed by atoms with E-state index in [0.717, 1.165) is 35.5 Å². The molecule has 0 aromatic carbocycles. The normalized spacial score (nSPS) is 16.3. The van der Waals surface area contributed by atoms with Crippen molar-refractivity contribution in [3.63, 3.8) is 0 Å². The van der Waals surface area contributed by atoms with E-state index in [0.29, 0.717) is 0 Å². The highest BCUT2D eigenvalue weighted by molar-refractivity contribution is 6.09. The molecule has 0 aliphatic carbocycles. The predicted octanol–water partition coefficient (Wildman–Crippen LogP) is 8.67. The third-order valence-corrected chi connectivity index (χ3v) is 12.6. The van der Waals surface area contributed by atoms with Crippen LogP contribution < -0.4 is 0 Å². The molecule has 0 saturated heterocycles. The molecule has 0 aromatic rings. The zero-order valence-corrected chi connectivity index (χ0v) is 32.1. The van der Waals surface area contributed by atoms with E-state index in [1.54, 1.807) is 0 Å². The minimum absolute atomic E-state index is 0.998. The molecule has 33 heavy (non-hydrogen) atoms. The van der Waals surface area contributed by atoms with Gasteiger partial charge in [-0.15, -0.1) is 0 Å². The van der Waals surface area contributed by atoms with E-state index in [2.05, 4.69) is 62.3 Å². The number of unbranched alkanes of at least 4 members (excludes halogenated alkanes) is 3. The average molecular weight is 511 g/mol. The van der Waals surface area contributed by atoms with Crippen LogP contribution in [0.2, 0.25) is 15.8 Å². The van der Waals surface area contributed by atoms with Crippen molar-refractivity contribution < 1.29 is 0 Å². The molecule has 6 atom stereocenters. The molecular weight excluding hydrogens is 441 g/mol. The molecule has 0 aliphatic rings. The Bertz CT molecular complexity index is 295. The van der Waals surface area contributed by atoms with E-state index in [9.17, 15) is 0 Å². The Morgan fingerprint density at radius 1 is 0.424 bits per heavy atom. The lowest BCUT2D eigenvalue weighted by molar-refractivity contribution is 0.340. The van der Waals surface area contributed by atoms with E-state index in [1.807, 2.05) is 0 Å². The number of hydrogen-bond donors (Lipinski definition) is 0. The quantitative estimate of drug-likeness (QED) is 0.162. The molecule has 198 valence electrons.